The van der Waals surface area contributed by atoms with Crippen LogP contribution in [0, 0.1) is 6.92 Å². The van der Waals surface area contributed by atoms with Gasteiger partial charge >= 0.3 is 5.97 Å². The molecule has 0 bridgehead atoms. The summed E-state index contributed by atoms with van der Waals surface area (Å²) in [5.41, 5.74) is 3.26. The average molecular weight is 270 g/mol. The third-order valence-corrected chi connectivity index (χ3v) is 3.23. The van der Waals surface area contributed by atoms with Gasteiger partial charge in [0.05, 0.1) is 11.3 Å². The fourth-order valence-electron chi connectivity index (χ4n) is 2.16. The number of pyridine rings is 1. The lowest BCUT2D eigenvalue weighted by atomic mass is 10.1. The van der Waals surface area contributed by atoms with Gasteiger partial charge in [0.15, 0.2) is 0 Å². The monoisotopic (exact) mass is 270 g/mol. The van der Waals surface area contributed by atoms with E-state index >= 15 is 0 Å². The Morgan fingerprint density at radius 3 is 2.55 bits per heavy atom. The number of aromatic carboxylic acids is 1. The number of nitrogens with zero attached hydrogens (tertiary/aromatic N) is 2. The van der Waals surface area contributed by atoms with E-state index in [9.17, 15) is 9.90 Å². The smallest absolute Gasteiger partial charge is 0.337 e. The number of hydrogen-bond acceptors (Lipinski definition) is 3. The number of hydrogen-bond donors (Lipinski definition) is 1. The van der Waals surface area contributed by atoms with Gasteiger partial charge in [-0.15, -0.1) is 0 Å². The van der Waals surface area contributed by atoms with Crippen LogP contribution in [0.4, 0.5) is 5.69 Å². The molecule has 4 nitrogen and oxygen atoms in total. The molecular formula is C16H18N2O2. The van der Waals surface area contributed by atoms with E-state index in [0.29, 0.717) is 12.1 Å². The Morgan fingerprint density at radius 2 is 1.95 bits per heavy atom. The van der Waals surface area contributed by atoms with Gasteiger partial charge < -0.3 is 10.0 Å². The highest BCUT2D eigenvalue weighted by Crippen LogP contribution is 2.24. The lowest BCUT2D eigenvalue weighted by Gasteiger charge is -2.25. The lowest BCUT2D eigenvalue weighted by molar-refractivity contribution is 0.0697. The zero-order valence-corrected chi connectivity index (χ0v) is 11.7. The van der Waals surface area contributed by atoms with Crippen LogP contribution in [0.15, 0.2) is 42.7 Å². The molecule has 2 aromatic rings. The number of carboxylic acids is 1. The fourth-order valence-corrected chi connectivity index (χ4v) is 2.16. The van der Waals surface area contributed by atoms with Crippen LogP contribution < -0.4 is 4.90 Å². The fraction of sp³-hybridized carbons (Fsp3) is 0.250. The van der Waals surface area contributed by atoms with Crippen LogP contribution in [0.1, 0.15) is 28.4 Å². The molecule has 0 fully saturated rings. The van der Waals surface area contributed by atoms with Gasteiger partial charge in [-0.2, -0.15) is 0 Å². The van der Waals surface area contributed by atoms with Gasteiger partial charge in [0.2, 0.25) is 0 Å². The van der Waals surface area contributed by atoms with E-state index in [0.717, 1.165) is 23.4 Å². The minimum Gasteiger partial charge on any atom is -0.478 e. The van der Waals surface area contributed by atoms with E-state index < -0.39 is 5.97 Å². The highest BCUT2D eigenvalue weighted by atomic mass is 16.4. The largest absolute Gasteiger partial charge is 0.478 e. The summed E-state index contributed by atoms with van der Waals surface area (Å²) in [6, 6.07) is 9.31. The first-order valence-corrected chi connectivity index (χ1v) is 6.59. The van der Waals surface area contributed by atoms with Crippen LogP contribution in [0.2, 0.25) is 0 Å². The molecule has 2 rings (SSSR count). The molecule has 0 saturated carbocycles. The summed E-state index contributed by atoms with van der Waals surface area (Å²) in [5, 5.41) is 9.33. The number of rotatable bonds is 5. The van der Waals surface area contributed by atoms with Gasteiger partial charge in [-0.05, 0) is 49.2 Å². The van der Waals surface area contributed by atoms with E-state index in [4.69, 9.17) is 0 Å². The zero-order chi connectivity index (χ0) is 14.5. The summed E-state index contributed by atoms with van der Waals surface area (Å²) in [7, 11) is 0. The summed E-state index contributed by atoms with van der Waals surface area (Å²) in [6.07, 6.45) is 3.50. The molecule has 0 atom stereocenters. The van der Waals surface area contributed by atoms with Crippen LogP contribution in [0.5, 0.6) is 0 Å². The second kappa shape index (κ2) is 6.19. The van der Waals surface area contributed by atoms with Crippen LogP contribution in [-0.2, 0) is 6.54 Å². The maximum absolute atomic E-state index is 11.4. The topological polar surface area (TPSA) is 53.4 Å². The molecule has 0 unspecified atom stereocenters. The molecule has 0 radical (unpaired) electrons. The molecule has 0 spiro atoms. The van der Waals surface area contributed by atoms with E-state index in [2.05, 4.69) is 9.88 Å². The number of carbonyl (C=O) groups is 1. The van der Waals surface area contributed by atoms with Crippen molar-refractivity contribution >= 4 is 11.7 Å². The van der Waals surface area contributed by atoms with E-state index in [1.54, 1.807) is 18.5 Å². The van der Waals surface area contributed by atoms with Crippen molar-refractivity contribution in [3.8, 4) is 0 Å². The minimum atomic E-state index is -0.895. The number of aryl methyl sites for hydroxylation is 1. The van der Waals surface area contributed by atoms with E-state index in [-0.39, 0.29) is 0 Å². The number of aromatic nitrogens is 1. The molecule has 0 aliphatic rings. The molecule has 1 heterocycles. The molecule has 0 aliphatic heterocycles. The zero-order valence-electron chi connectivity index (χ0n) is 11.7. The Morgan fingerprint density at radius 1 is 1.25 bits per heavy atom. The van der Waals surface area contributed by atoms with Gasteiger partial charge in [-0.3, -0.25) is 4.98 Å². The average Bonchev–Trinajstić information content (AvgIpc) is 2.45. The van der Waals surface area contributed by atoms with Crippen LogP contribution in [0.3, 0.4) is 0 Å². The third kappa shape index (κ3) is 3.15. The van der Waals surface area contributed by atoms with Crippen molar-refractivity contribution in [2.24, 2.45) is 0 Å². The SMILES string of the molecule is CCN(Cc1ccncc1)c1cc(C)ccc1C(=O)O. The Hall–Kier alpha value is -2.36. The van der Waals surface area contributed by atoms with Crippen molar-refractivity contribution in [3.63, 3.8) is 0 Å². The van der Waals surface area contributed by atoms with Crippen molar-refractivity contribution in [3.05, 3.63) is 59.4 Å². The number of benzene rings is 1. The number of carboxylic acid groups (broad SMARTS) is 1. The maximum atomic E-state index is 11.4. The summed E-state index contributed by atoms with van der Waals surface area (Å²) in [5.74, 6) is -0.895. The van der Waals surface area contributed by atoms with Crippen molar-refractivity contribution in [1.29, 1.82) is 0 Å². The minimum absolute atomic E-state index is 0.339. The molecule has 0 aliphatic carbocycles. The van der Waals surface area contributed by atoms with Crippen LogP contribution in [0.25, 0.3) is 0 Å². The lowest BCUT2D eigenvalue weighted by Crippen LogP contribution is -2.24. The molecular weight excluding hydrogens is 252 g/mol. The Balaban J connectivity index is 2.36. The number of anilines is 1. The predicted octanol–water partition coefficient (Wildman–Crippen LogP) is 3.11. The first-order chi connectivity index (χ1) is 9.61. The van der Waals surface area contributed by atoms with Gasteiger partial charge in [-0.1, -0.05) is 6.07 Å². The summed E-state index contributed by atoms with van der Waals surface area (Å²) < 4.78 is 0. The molecule has 20 heavy (non-hydrogen) atoms. The maximum Gasteiger partial charge on any atom is 0.337 e. The van der Waals surface area contributed by atoms with Crippen molar-refractivity contribution in [2.45, 2.75) is 20.4 Å². The summed E-state index contributed by atoms with van der Waals surface area (Å²) in [6.45, 7) is 5.40. The highest BCUT2D eigenvalue weighted by Gasteiger charge is 2.15. The second-order valence-corrected chi connectivity index (χ2v) is 4.70. The first kappa shape index (κ1) is 14.1. The van der Waals surface area contributed by atoms with Crippen LogP contribution >= 0.6 is 0 Å². The third-order valence-electron chi connectivity index (χ3n) is 3.23. The molecule has 4 heteroatoms. The molecule has 104 valence electrons. The molecule has 1 N–H and O–H groups in total. The van der Waals surface area contributed by atoms with Gasteiger partial charge in [0.1, 0.15) is 0 Å². The van der Waals surface area contributed by atoms with Gasteiger partial charge in [-0.25, -0.2) is 4.79 Å². The Bertz CT molecular complexity index is 597. The van der Waals surface area contributed by atoms with Crippen molar-refractivity contribution in [2.75, 3.05) is 11.4 Å². The first-order valence-electron chi connectivity index (χ1n) is 6.59. The predicted molar refractivity (Wildman–Crippen MR) is 79.1 cm³/mol. The van der Waals surface area contributed by atoms with E-state index in [1.165, 1.54) is 0 Å². The normalized spacial score (nSPS) is 10.3. The second-order valence-electron chi connectivity index (χ2n) is 4.70. The summed E-state index contributed by atoms with van der Waals surface area (Å²) in [4.78, 5) is 17.4. The quantitative estimate of drug-likeness (QED) is 0.907. The van der Waals surface area contributed by atoms with Crippen molar-refractivity contribution in [1.82, 2.24) is 4.98 Å². The van der Waals surface area contributed by atoms with Gasteiger partial charge in [0, 0.05) is 25.5 Å². The van der Waals surface area contributed by atoms with Gasteiger partial charge in [0.25, 0.3) is 0 Å². The molecule has 0 amide bonds. The molecule has 0 saturated heterocycles. The van der Waals surface area contributed by atoms with Crippen LogP contribution in [-0.4, -0.2) is 22.6 Å². The van der Waals surface area contributed by atoms with E-state index in [1.807, 2.05) is 38.1 Å². The Kier molecular flexibility index (Phi) is 4.35. The summed E-state index contributed by atoms with van der Waals surface area (Å²) >= 11 is 0. The Labute approximate surface area is 118 Å². The highest BCUT2D eigenvalue weighted by molar-refractivity contribution is 5.94. The van der Waals surface area contributed by atoms with Crippen molar-refractivity contribution < 1.29 is 9.90 Å². The molecule has 1 aromatic heterocycles. The standard InChI is InChI=1S/C16H18N2O2/c1-3-18(11-13-6-8-17-9-7-13)15-10-12(2)4-5-14(15)16(19)20/h4-10H,3,11H2,1-2H3,(H,19,20). The molecule has 1 aromatic carbocycles.